The Morgan fingerprint density at radius 3 is 2.33 bits per heavy atom. The second-order valence-corrected chi connectivity index (χ2v) is 6.33. The molecule has 1 unspecified atom stereocenters. The van der Waals surface area contributed by atoms with E-state index in [2.05, 4.69) is 23.6 Å². The molecule has 0 saturated carbocycles. The Kier molecular flexibility index (Phi) is 5.05. The summed E-state index contributed by atoms with van der Waals surface area (Å²) in [6.45, 7) is 11.3. The summed E-state index contributed by atoms with van der Waals surface area (Å²) in [5.41, 5.74) is -0.456. The lowest BCUT2D eigenvalue weighted by molar-refractivity contribution is 0.00138. The summed E-state index contributed by atoms with van der Waals surface area (Å²) in [6.07, 6.45) is 5.84. The number of hydrogen-bond donors (Lipinski definition) is 1. The van der Waals surface area contributed by atoms with Gasteiger partial charge in [0.1, 0.15) is 0 Å². The van der Waals surface area contributed by atoms with Crippen molar-refractivity contribution < 1.29 is 5.11 Å². The first-order valence-electron chi connectivity index (χ1n) is 7.82. The zero-order chi connectivity index (χ0) is 13.0. The number of aliphatic hydroxyl groups is 1. The molecule has 18 heavy (non-hydrogen) atoms. The molecule has 1 atom stereocenters. The second kappa shape index (κ2) is 6.36. The molecule has 0 aromatic rings. The highest BCUT2D eigenvalue weighted by Crippen LogP contribution is 2.24. The molecule has 2 saturated heterocycles. The third-order valence-corrected chi connectivity index (χ3v) is 4.92. The number of hydrogen-bond acceptors (Lipinski definition) is 3. The van der Waals surface area contributed by atoms with Gasteiger partial charge >= 0.3 is 0 Å². The minimum absolute atomic E-state index is 0.456. The Labute approximate surface area is 112 Å². The molecule has 2 fully saturated rings. The molecule has 0 amide bonds. The third kappa shape index (κ3) is 3.69. The van der Waals surface area contributed by atoms with Crippen LogP contribution in [-0.2, 0) is 0 Å². The standard InChI is InChI=1S/C15H30N2O/c1-3-15(18,4-2)13-17-10-7-14(12-17)11-16-8-5-6-9-16/h14,18H,3-13H2,1-2H3. The fraction of sp³-hybridized carbons (Fsp3) is 1.00. The van der Waals surface area contributed by atoms with Crippen LogP contribution in [0.1, 0.15) is 46.0 Å². The molecular weight excluding hydrogens is 224 g/mol. The quantitative estimate of drug-likeness (QED) is 0.785. The number of rotatable bonds is 6. The average Bonchev–Trinajstić information content (AvgIpc) is 3.02. The van der Waals surface area contributed by atoms with Crippen molar-refractivity contribution in [3.63, 3.8) is 0 Å². The minimum Gasteiger partial charge on any atom is -0.389 e. The summed E-state index contributed by atoms with van der Waals surface area (Å²) < 4.78 is 0. The molecule has 3 heteroatoms. The Bertz CT molecular complexity index is 247. The molecular formula is C15H30N2O. The first-order chi connectivity index (χ1) is 8.65. The van der Waals surface area contributed by atoms with Crippen molar-refractivity contribution in [3.8, 4) is 0 Å². The van der Waals surface area contributed by atoms with Crippen LogP contribution in [0.5, 0.6) is 0 Å². The fourth-order valence-corrected chi connectivity index (χ4v) is 3.43. The fourth-order valence-electron chi connectivity index (χ4n) is 3.43. The van der Waals surface area contributed by atoms with Gasteiger partial charge in [-0.2, -0.15) is 0 Å². The van der Waals surface area contributed by atoms with Gasteiger partial charge in [0.15, 0.2) is 0 Å². The highest BCUT2D eigenvalue weighted by atomic mass is 16.3. The normalized spacial score (nSPS) is 27.2. The molecule has 0 aromatic carbocycles. The lowest BCUT2D eigenvalue weighted by Crippen LogP contribution is -2.41. The van der Waals surface area contributed by atoms with Crippen molar-refractivity contribution >= 4 is 0 Å². The highest BCUT2D eigenvalue weighted by molar-refractivity contribution is 4.85. The molecule has 0 bridgehead atoms. The van der Waals surface area contributed by atoms with Gasteiger partial charge in [-0.15, -0.1) is 0 Å². The maximum atomic E-state index is 10.4. The average molecular weight is 254 g/mol. The van der Waals surface area contributed by atoms with Crippen molar-refractivity contribution in [2.45, 2.75) is 51.6 Å². The molecule has 2 rings (SSSR count). The van der Waals surface area contributed by atoms with E-state index in [9.17, 15) is 5.11 Å². The van der Waals surface area contributed by atoms with E-state index < -0.39 is 5.60 Å². The highest BCUT2D eigenvalue weighted by Gasteiger charge is 2.31. The van der Waals surface area contributed by atoms with Gasteiger partial charge in [-0.3, -0.25) is 0 Å². The molecule has 2 heterocycles. The molecule has 2 aliphatic heterocycles. The van der Waals surface area contributed by atoms with Crippen LogP contribution >= 0.6 is 0 Å². The van der Waals surface area contributed by atoms with Crippen LogP contribution in [0, 0.1) is 5.92 Å². The van der Waals surface area contributed by atoms with E-state index in [0.717, 1.165) is 25.3 Å². The Morgan fingerprint density at radius 1 is 1.06 bits per heavy atom. The number of likely N-dealkylation sites (tertiary alicyclic amines) is 2. The molecule has 0 aromatic heterocycles. The Morgan fingerprint density at radius 2 is 1.72 bits per heavy atom. The maximum Gasteiger partial charge on any atom is 0.0768 e. The zero-order valence-electron chi connectivity index (χ0n) is 12.2. The largest absolute Gasteiger partial charge is 0.389 e. The first kappa shape index (κ1) is 14.3. The van der Waals surface area contributed by atoms with Crippen LogP contribution in [0.25, 0.3) is 0 Å². The smallest absolute Gasteiger partial charge is 0.0768 e. The van der Waals surface area contributed by atoms with E-state index in [1.807, 2.05) is 0 Å². The van der Waals surface area contributed by atoms with Crippen LogP contribution in [0.4, 0.5) is 0 Å². The van der Waals surface area contributed by atoms with Crippen LogP contribution in [0.2, 0.25) is 0 Å². The lowest BCUT2D eigenvalue weighted by Gasteiger charge is -2.30. The minimum atomic E-state index is -0.456. The summed E-state index contributed by atoms with van der Waals surface area (Å²) >= 11 is 0. The van der Waals surface area contributed by atoms with E-state index >= 15 is 0 Å². The van der Waals surface area contributed by atoms with Gasteiger partial charge in [-0.05, 0) is 57.7 Å². The van der Waals surface area contributed by atoms with Gasteiger partial charge in [0.05, 0.1) is 5.60 Å². The zero-order valence-corrected chi connectivity index (χ0v) is 12.2. The summed E-state index contributed by atoms with van der Waals surface area (Å²) in [7, 11) is 0. The molecule has 0 aliphatic carbocycles. The van der Waals surface area contributed by atoms with Crippen LogP contribution in [0.15, 0.2) is 0 Å². The molecule has 106 valence electrons. The topological polar surface area (TPSA) is 26.7 Å². The van der Waals surface area contributed by atoms with Gasteiger partial charge < -0.3 is 14.9 Å². The molecule has 0 radical (unpaired) electrons. The van der Waals surface area contributed by atoms with Crippen molar-refractivity contribution in [2.75, 3.05) is 39.3 Å². The van der Waals surface area contributed by atoms with E-state index in [1.165, 1.54) is 52.0 Å². The van der Waals surface area contributed by atoms with Gasteiger partial charge in [0.25, 0.3) is 0 Å². The SMILES string of the molecule is CCC(O)(CC)CN1CCC(CN2CCCC2)C1. The monoisotopic (exact) mass is 254 g/mol. The summed E-state index contributed by atoms with van der Waals surface area (Å²) in [4.78, 5) is 5.10. The predicted molar refractivity (Wildman–Crippen MR) is 75.8 cm³/mol. The second-order valence-electron chi connectivity index (χ2n) is 6.33. The van der Waals surface area contributed by atoms with Crippen LogP contribution in [0.3, 0.4) is 0 Å². The molecule has 2 aliphatic rings. The Balaban J connectivity index is 1.74. The van der Waals surface area contributed by atoms with Crippen molar-refractivity contribution in [1.82, 2.24) is 9.80 Å². The third-order valence-electron chi connectivity index (χ3n) is 4.92. The number of nitrogens with zero attached hydrogens (tertiary/aromatic N) is 2. The number of β-amino-alcohol motifs (C(OH)–C–C–N with tert-alkyl or cyclic N) is 1. The summed E-state index contributed by atoms with van der Waals surface area (Å²) in [5, 5.41) is 10.4. The van der Waals surface area contributed by atoms with Gasteiger partial charge in [0, 0.05) is 19.6 Å². The van der Waals surface area contributed by atoms with Crippen molar-refractivity contribution in [3.05, 3.63) is 0 Å². The van der Waals surface area contributed by atoms with E-state index in [-0.39, 0.29) is 0 Å². The van der Waals surface area contributed by atoms with Gasteiger partial charge in [-0.25, -0.2) is 0 Å². The van der Waals surface area contributed by atoms with Gasteiger partial charge in [0.2, 0.25) is 0 Å². The molecule has 1 N–H and O–H groups in total. The van der Waals surface area contributed by atoms with Crippen LogP contribution in [-0.4, -0.2) is 59.8 Å². The van der Waals surface area contributed by atoms with E-state index in [4.69, 9.17) is 0 Å². The van der Waals surface area contributed by atoms with Crippen molar-refractivity contribution in [2.24, 2.45) is 5.92 Å². The van der Waals surface area contributed by atoms with E-state index in [0.29, 0.717) is 0 Å². The van der Waals surface area contributed by atoms with E-state index in [1.54, 1.807) is 0 Å². The lowest BCUT2D eigenvalue weighted by atomic mass is 9.97. The Hall–Kier alpha value is -0.120. The summed E-state index contributed by atoms with van der Waals surface area (Å²) in [5.74, 6) is 0.834. The van der Waals surface area contributed by atoms with Crippen LogP contribution < -0.4 is 0 Å². The maximum absolute atomic E-state index is 10.4. The predicted octanol–water partition coefficient (Wildman–Crippen LogP) is 1.96. The molecule has 3 nitrogen and oxygen atoms in total. The first-order valence-corrected chi connectivity index (χ1v) is 7.82. The summed E-state index contributed by atoms with van der Waals surface area (Å²) in [6, 6.07) is 0. The van der Waals surface area contributed by atoms with Gasteiger partial charge in [-0.1, -0.05) is 13.8 Å². The molecule has 0 spiro atoms. The van der Waals surface area contributed by atoms with Crippen molar-refractivity contribution in [1.29, 1.82) is 0 Å².